The van der Waals surface area contributed by atoms with Crippen LogP contribution >= 0.6 is 24.8 Å². The molecular weight excluding hydrogens is 399 g/mol. The number of benzene rings is 1. The molecule has 4 N–H and O–H groups in total. The van der Waals surface area contributed by atoms with Crippen LogP contribution < -0.4 is 0 Å². The van der Waals surface area contributed by atoms with Crippen LogP contribution in [0.2, 0.25) is 0 Å². The Kier molecular flexibility index (Phi) is 12.0. The van der Waals surface area contributed by atoms with Gasteiger partial charge in [-0.3, -0.25) is 4.40 Å². The lowest BCUT2D eigenvalue weighted by Crippen LogP contribution is -2.25. The molecule has 0 bridgehead atoms. The van der Waals surface area contributed by atoms with Crippen LogP contribution in [0.1, 0.15) is 46.7 Å². The Morgan fingerprint density at radius 3 is 2.18 bits per heavy atom. The molecule has 0 saturated carbocycles. The maximum Gasteiger partial charge on any atom is 0.215 e. The number of aromatic nitrogens is 3. The van der Waals surface area contributed by atoms with Gasteiger partial charge in [-0.1, -0.05) is 46.8 Å². The lowest BCUT2D eigenvalue weighted by molar-refractivity contribution is 0.292. The Hall–Kier alpha value is -1.31. The topological polar surface area (TPSA) is 88.5 Å². The fraction of sp³-hybridized carbons (Fsp3) is 0.550. The normalized spacial score (nSPS) is 10.9. The molecule has 162 valence electrons. The number of fused-ring (bicyclic) bond motifs is 3. The molecule has 0 unspecified atom stereocenters. The number of aryl methyl sites for hydroxylation is 1. The molecule has 0 aliphatic rings. The molecule has 0 radical (unpaired) electrons. The lowest BCUT2D eigenvalue weighted by Gasteiger charge is -2.22. The van der Waals surface area contributed by atoms with E-state index in [1.54, 1.807) is 0 Å². The molecule has 0 spiro atoms. The van der Waals surface area contributed by atoms with Crippen LogP contribution in [0.3, 0.4) is 0 Å². The zero-order valence-corrected chi connectivity index (χ0v) is 19.2. The van der Waals surface area contributed by atoms with Gasteiger partial charge in [0.05, 0.1) is 11.0 Å². The smallest absolute Gasteiger partial charge is 0.215 e. The average Bonchev–Trinajstić information content (AvgIpc) is 3.08. The summed E-state index contributed by atoms with van der Waals surface area (Å²) in [5.41, 5.74) is 3.73. The summed E-state index contributed by atoms with van der Waals surface area (Å²) in [4.78, 5) is 7.39. The average molecular weight is 435 g/mol. The van der Waals surface area contributed by atoms with Crippen molar-refractivity contribution >= 4 is 41.6 Å². The number of hydrogen-bond acceptors (Lipinski definition) is 2. The first-order chi connectivity index (χ1) is 11.5. The molecular formula is C20H36Cl2N4O2. The highest BCUT2D eigenvalue weighted by Crippen LogP contribution is 2.28. The van der Waals surface area contributed by atoms with Crippen LogP contribution in [0.25, 0.3) is 16.8 Å². The minimum Gasteiger partial charge on any atom is -0.412 e. The zero-order valence-electron chi connectivity index (χ0n) is 17.5. The van der Waals surface area contributed by atoms with Gasteiger partial charge in [0, 0.05) is 23.9 Å². The highest BCUT2D eigenvalue weighted by molar-refractivity contribution is 5.85. The Labute approximate surface area is 180 Å². The fourth-order valence-corrected chi connectivity index (χ4v) is 3.46. The van der Waals surface area contributed by atoms with Gasteiger partial charge < -0.3 is 20.4 Å². The standard InChI is InChI=1S/C20H30N4.2ClH.2H2O/c1-6-22(7-2)13-10-14-23-18(20(3,4)5)15-24-17-12-9-8-11-16(17)21-19(23)24;;;;/h8-9,11-12,15H,6-7,10,13-14H2,1-5H3;2*1H;2*1H2. The van der Waals surface area contributed by atoms with Gasteiger partial charge in [-0.05, 0) is 38.2 Å². The van der Waals surface area contributed by atoms with Crippen LogP contribution in [0, 0.1) is 0 Å². The summed E-state index contributed by atoms with van der Waals surface area (Å²) in [6.07, 6.45) is 3.43. The van der Waals surface area contributed by atoms with E-state index in [9.17, 15) is 0 Å². The van der Waals surface area contributed by atoms with E-state index in [0.717, 1.165) is 43.9 Å². The third kappa shape index (κ3) is 5.61. The first-order valence-electron chi connectivity index (χ1n) is 9.14. The van der Waals surface area contributed by atoms with Gasteiger partial charge in [0.25, 0.3) is 0 Å². The molecule has 3 rings (SSSR count). The Balaban J connectivity index is 0. The third-order valence-corrected chi connectivity index (χ3v) is 4.88. The molecule has 0 aliphatic carbocycles. The van der Waals surface area contributed by atoms with Crippen molar-refractivity contribution in [2.24, 2.45) is 0 Å². The molecule has 6 nitrogen and oxygen atoms in total. The second kappa shape index (κ2) is 11.6. The predicted octanol–water partition coefficient (Wildman–Crippen LogP) is 3.51. The van der Waals surface area contributed by atoms with Gasteiger partial charge in [-0.2, -0.15) is 0 Å². The maximum absolute atomic E-state index is 4.90. The van der Waals surface area contributed by atoms with Crippen molar-refractivity contribution in [3.8, 4) is 0 Å². The largest absolute Gasteiger partial charge is 0.412 e. The Bertz CT molecular complexity index is 836. The highest BCUT2D eigenvalue weighted by Gasteiger charge is 2.23. The quantitative estimate of drug-likeness (QED) is 0.593. The molecule has 2 heterocycles. The number of hydrogen-bond donors (Lipinski definition) is 0. The van der Waals surface area contributed by atoms with Gasteiger partial charge in [-0.25, -0.2) is 4.98 Å². The van der Waals surface area contributed by atoms with Crippen molar-refractivity contribution < 1.29 is 11.0 Å². The van der Waals surface area contributed by atoms with E-state index in [1.165, 1.54) is 11.2 Å². The molecule has 3 aromatic rings. The first-order valence-corrected chi connectivity index (χ1v) is 9.14. The van der Waals surface area contributed by atoms with Crippen LogP contribution in [0.15, 0.2) is 30.5 Å². The molecule has 0 amide bonds. The van der Waals surface area contributed by atoms with Gasteiger partial charge >= 0.3 is 0 Å². The van der Waals surface area contributed by atoms with Crippen molar-refractivity contribution in [3.05, 3.63) is 36.2 Å². The van der Waals surface area contributed by atoms with E-state index in [4.69, 9.17) is 4.98 Å². The van der Waals surface area contributed by atoms with Crippen molar-refractivity contribution in [2.45, 2.75) is 53.0 Å². The third-order valence-electron chi connectivity index (χ3n) is 4.88. The van der Waals surface area contributed by atoms with E-state index in [1.807, 2.05) is 0 Å². The van der Waals surface area contributed by atoms with Crippen LogP contribution in [0.4, 0.5) is 0 Å². The van der Waals surface area contributed by atoms with Crippen molar-refractivity contribution in [1.29, 1.82) is 0 Å². The summed E-state index contributed by atoms with van der Waals surface area (Å²) in [5, 5.41) is 0. The molecule has 8 heteroatoms. The lowest BCUT2D eigenvalue weighted by atomic mass is 9.92. The number of para-hydroxylation sites is 2. The van der Waals surface area contributed by atoms with E-state index in [0.29, 0.717) is 0 Å². The minimum atomic E-state index is 0. The fourth-order valence-electron chi connectivity index (χ4n) is 3.46. The number of halogens is 2. The summed E-state index contributed by atoms with van der Waals surface area (Å²) in [7, 11) is 0. The van der Waals surface area contributed by atoms with E-state index >= 15 is 0 Å². The molecule has 0 saturated heterocycles. The molecule has 1 aromatic carbocycles. The van der Waals surface area contributed by atoms with Crippen LogP contribution in [-0.2, 0) is 12.0 Å². The minimum absolute atomic E-state index is 0. The molecule has 2 aromatic heterocycles. The van der Waals surface area contributed by atoms with E-state index in [2.05, 4.69) is 78.9 Å². The van der Waals surface area contributed by atoms with Gasteiger partial charge in [0.1, 0.15) is 0 Å². The summed E-state index contributed by atoms with van der Waals surface area (Å²) >= 11 is 0. The Morgan fingerprint density at radius 2 is 1.61 bits per heavy atom. The van der Waals surface area contributed by atoms with Gasteiger partial charge in [0.2, 0.25) is 5.78 Å². The SMILES string of the molecule is CCN(CC)CCCn1c(C(C)(C)C)cn2c3ccccc3nc12.Cl.Cl.O.O. The second-order valence-electron chi connectivity index (χ2n) is 7.57. The monoisotopic (exact) mass is 434 g/mol. The van der Waals surface area contributed by atoms with Crippen LogP contribution in [-0.4, -0.2) is 49.4 Å². The van der Waals surface area contributed by atoms with Gasteiger partial charge in [-0.15, -0.1) is 24.8 Å². The number of imidazole rings is 2. The molecule has 0 aliphatic heterocycles. The van der Waals surface area contributed by atoms with Crippen molar-refractivity contribution in [1.82, 2.24) is 18.9 Å². The predicted molar refractivity (Wildman–Crippen MR) is 124 cm³/mol. The summed E-state index contributed by atoms with van der Waals surface area (Å²) in [5.74, 6) is 1.07. The first kappa shape index (κ1) is 28.9. The van der Waals surface area contributed by atoms with Crippen molar-refractivity contribution in [2.75, 3.05) is 19.6 Å². The number of rotatable bonds is 6. The second-order valence-corrected chi connectivity index (χ2v) is 7.57. The summed E-state index contributed by atoms with van der Waals surface area (Å²) in [6.45, 7) is 15.7. The zero-order chi connectivity index (χ0) is 17.3. The molecule has 28 heavy (non-hydrogen) atoms. The van der Waals surface area contributed by atoms with Crippen LogP contribution in [0.5, 0.6) is 0 Å². The van der Waals surface area contributed by atoms with E-state index in [-0.39, 0.29) is 41.2 Å². The molecule has 0 fully saturated rings. The van der Waals surface area contributed by atoms with E-state index < -0.39 is 0 Å². The number of nitrogens with zero attached hydrogens (tertiary/aromatic N) is 4. The van der Waals surface area contributed by atoms with Gasteiger partial charge in [0.15, 0.2) is 0 Å². The Morgan fingerprint density at radius 1 is 1.00 bits per heavy atom. The molecule has 0 atom stereocenters. The maximum atomic E-state index is 4.90. The summed E-state index contributed by atoms with van der Waals surface area (Å²) < 4.78 is 4.68. The van der Waals surface area contributed by atoms with Crippen molar-refractivity contribution in [3.63, 3.8) is 0 Å². The summed E-state index contributed by atoms with van der Waals surface area (Å²) in [6, 6.07) is 8.40. The highest BCUT2D eigenvalue weighted by atomic mass is 35.5.